The average molecular weight is 349 g/mol. The van der Waals surface area contributed by atoms with Crippen molar-refractivity contribution >= 4 is 21.8 Å². The fraction of sp³-hybridized carbons (Fsp3) is 0.526. The van der Waals surface area contributed by atoms with Gasteiger partial charge in [0.05, 0.1) is 11.5 Å². The molecule has 0 unspecified atom stereocenters. The van der Waals surface area contributed by atoms with Crippen LogP contribution in [0.15, 0.2) is 36.4 Å². The molecular formula is C19H27NO3S. The molecule has 1 atom stereocenters. The Bertz CT molecular complexity index is 665. The normalized spacial score (nSPS) is 19.9. The number of amides is 1. The number of benzene rings is 1. The Morgan fingerprint density at radius 3 is 2.58 bits per heavy atom. The van der Waals surface area contributed by atoms with E-state index in [4.69, 9.17) is 0 Å². The van der Waals surface area contributed by atoms with Gasteiger partial charge < -0.3 is 4.90 Å². The lowest BCUT2D eigenvalue weighted by molar-refractivity contribution is -0.132. The number of nitrogens with zero attached hydrogens (tertiary/aromatic N) is 1. The molecule has 1 heterocycles. The van der Waals surface area contributed by atoms with Gasteiger partial charge >= 0.3 is 0 Å². The van der Waals surface area contributed by atoms with Crippen molar-refractivity contribution in [2.24, 2.45) is 11.8 Å². The van der Waals surface area contributed by atoms with Crippen LogP contribution in [0.25, 0.3) is 6.08 Å². The van der Waals surface area contributed by atoms with Crippen LogP contribution in [0.5, 0.6) is 0 Å². The Balaban J connectivity index is 1.94. The summed E-state index contributed by atoms with van der Waals surface area (Å²) in [5.74, 6) is 0.808. The molecule has 0 bridgehead atoms. The van der Waals surface area contributed by atoms with Gasteiger partial charge in [0.25, 0.3) is 0 Å². The molecule has 1 amide bonds. The summed E-state index contributed by atoms with van der Waals surface area (Å²) in [4.78, 5) is 14.4. The van der Waals surface area contributed by atoms with E-state index in [0.717, 1.165) is 5.56 Å². The number of rotatable bonds is 7. The molecule has 0 aliphatic carbocycles. The van der Waals surface area contributed by atoms with Crippen LogP contribution >= 0.6 is 0 Å². The molecule has 24 heavy (non-hydrogen) atoms. The van der Waals surface area contributed by atoms with Gasteiger partial charge in [0, 0.05) is 19.5 Å². The molecule has 4 nitrogen and oxygen atoms in total. The smallest absolute Gasteiger partial charge is 0.223 e. The number of hydrogen-bond donors (Lipinski definition) is 0. The first-order valence-electron chi connectivity index (χ1n) is 8.55. The summed E-state index contributed by atoms with van der Waals surface area (Å²) in [6.45, 7) is 5.42. The molecule has 0 radical (unpaired) electrons. The van der Waals surface area contributed by atoms with Gasteiger partial charge in [-0.3, -0.25) is 4.79 Å². The number of carbonyl (C=O) groups is 1. The minimum atomic E-state index is -2.93. The third-order valence-corrected chi connectivity index (χ3v) is 6.00. The van der Waals surface area contributed by atoms with Crippen LogP contribution in [0.2, 0.25) is 0 Å². The Morgan fingerprint density at radius 1 is 1.29 bits per heavy atom. The number of carbonyl (C=O) groups excluding carboxylic acids is 1. The molecule has 0 aromatic heterocycles. The number of hydrogen-bond acceptors (Lipinski definition) is 3. The Labute approximate surface area is 145 Å². The summed E-state index contributed by atoms with van der Waals surface area (Å²) >= 11 is 0. The first kappa shape index (κ1) is 18.7. The lowest BCUT2D eigenvalue weighted by Crippen LogP contribution is -2.35. The van der Waals surface area contributed by atoms with E-state index in [1.165, 1.54) is 0 Å². The Hall–Kier alpha value is -1.62. The fourth-order valence-electron chi connectivity index (χ4n) is 3.01. The lowest BCUT2D eigenvalue weighted by Gasteiger charge is -2.24. The summed E-state index contributed by atoms with van der Waals surface area (Å²) in [7, 11) is -2.93. The largest absolute Gasteiger partial charge is 0.339 e. The molecule has 1 aromatic rings. The van der Waals surface area contributed by atoms with Crippen molar-refractivity contribution in [1.29, 1.82) is 0 Å². The van der Waals surface area contributed by atoms with E-state index < -0.39 is 9.84 Å². The zero-order valence-corrected chi connectivity index (χ0v) is 15.3. The van der Waals surface area contributed by atoms with Crippen LogP contribution < -0.4 is 0 Å². The van der Waals surface area contributed by atoms with Crippen molar-refractivity contribution in [3.05, 3.63) is 42.0 Å². The maximum Gasteiger partial charge on any atom is 0.223 e. The summed E-state index contributed by atoms with van der Waals surface area (Å²) < 4.78 is 23.1. The molecule has 0 N–H and O–H groups in total. The molecule has 1 aliphatic rings. The van der Waals surface area contributed by atoms with Gasteiger partial charge in [0.15, 0.2) is 9.84 Å². The second-order valence-corrected chi connectivity index (χ2v) is 9.21. The van der Waals surface area contributed by atoms with E-state index in [2.05, 4.69) is 13.8 Å². The predicted octanol–water partition coefficient (Wildman–Crippen LogP) is 3.01. The predicted molar refractivity (Wildman–Crippen MR) is 98.3 cm³/mol. The summed E-state index contributed by atoms with van der Waals surface area (Å²) in [6.07, 6.45) is 4.97. The van der Waals surface area contributed by atoms with Crippen LogP contribution in [0.1, 0.15) is 32.3 Å². The second kappa shape index (κ2) is 8.47. The standard InChI is InChI=1S/C19H27NO3S/c1-16(2)14-20(11-6-9-17-7-4-3-5-8-17)19(21)13-18-10-12-24(22,23)15-18/h3-9,16,18H,10-15H2,1-2H3/b9-6+/t18-/m0/s1. The van der Waals surface area contributed by atoms with E-state index in [9.17, 15) is 13.2 Å². The molecule has 1 aromatic carbocycles. The fourth-order valence-corrected chi connectivity index (χ4v) is 4.87. The van der Waals surface area contributed by atoms with Gasteiger partial charge in [0.1, 0.15) is 0 Å². The maximum absolute atomic E-state index is 12.6. The van der Waals surface area contributed by atoms with Crippen molar-refractivity contribution in [2.45, 2.75) is 26.7 Å². The molecule has 1 aliphatic heterocycles. The maximum atomic E-state index is 12.6. The van der Waals surface area contributed by atoms with Crippen molar-refractivity contribution in [3.8, 4) is 0 Å². The van der Waals surface area contributed by atoms with Crippen molar-refractivity contribution in [2.75, 3.05) is 24.6 Å². The van der Waals surface area contributed by atoms with Gasteiger partial charge in [-0.2, -0.15) is 0 Å². The SMILES string of the molecule is CC(C)CN(C/C=C/c1ccccc1)C(=O)C[C@@H]1CCS(=O)(=O)C1. The van der Waals surface area contributed by atoms with Crippen LogP contribution in [0, 0.1) is 11.8 Å². The first-order chi connectivity index (χ1) is 11.4. The molecule has 0 spiro atoms. The van der Waals surface area contributed by atoms with Crippen molar-refractivity contribution in [3.63, 3.8) is 0 Å². The van der Waals surface area contributed by atoms with Crippen LogP contribution in [-0.2, 0) is 14.6 Å². The van der Waals surface area contributed by atoms with E-state index in [-0.39, 0.29) is 23.3 Å². The highest BCUT2D eigenvalue weighted by molar-refractivity contribution is 7.91. The van der Waals surface area contributed by atoms with Gasteiger partial charge in [-0.05, 0) is 23.8 Å². The molecule has 1 fully saturated rings. The third kappa shape index (κ3) is 6.11. The number of sulfone groups is 1. The second-order valence-electron chi connectivity index (χ2n) is 6.98. The monoisotopic (exact) mass is 349 g/mol. The van der Waals surface area contributed by atoms with Gasteiger partial charge in [-0.15, -0.1) is 0 Å². The zero-order chi connectivity index (χ0) is 17.6. The minimum Gasteiger partial charge on any atom is -0.339 e. The summed E-state index contributed by atoms with van der Waals surface area (Å²) in [6, 6.07) is 9.99. The van der Waals surface area contributed by atoms with Gasteiger partial charge in [-0.1, -0.05) is 56.3 Å². The minimum absolute atomic E-state index is 0.0183. The van der Waals surface area contributed by atoms with Gasteiger partial charge in [0.2, 0.25) is 5.91 Å². The molecule has 132 valence electrons. The molecular weight excluding hydrogens is 322 g/mol. The Kier molecular flexibility index (Phi) is 6.60. The van der Waals surface area contributed by atoms with Crippen LogP contribution in [-0.4, -0.2) is 43.8 Å². The van der Waals surface area contributed by atoms with Crippen LogP contribution in [0.4, 0.5) is 0 Å². The van der Waals surface area contributed by atoms with E-state index in [1.54, 1.807) is 0 Å². The Morgan fingerprint density at radius 2 is 2.00 bits per heavy atom. The van der Waals surface area contributed by atoms with Crippen LogP contribution in [0.3, 0.4) is 0 Å². The van der Waals surface area contributed by atoms with E-state index in [1.807, 2.05) is 47.4 Å². The molecule has 0 saturated carbocycles. The topological polar surface area (TPSA) is 54.5 Å². The molecule has 5 heteroatoms. The third-order valence-electron chi connectivity index (χ3n) is 4.16. The molecule has 2 rings (SSSR count). The summed E-state index contributed by atoms with van der Waals surface area (Å²) in [5.41, 5.74) is 1.11. The average Bonchev–Trinajstić information content (AvgIpc) is 2.85. The highest BCUT2D eigenvalue weighted by Crippen LogP contribution is 2.22. The quantitative estimate of drug-likeness (QED) is 0.760. The highest BCUT2D eigenvalue weighted by Gasteiger charge is 2.30. The summed E-state index contributed by atoms with van der Waals surface area (Å²) in [5, 5.41) is 0. The highest BCUT2D eigenvalue weighted by atomic mass is 32.2. The lowest BCUT2D eigenvalue weighted by atomic mass is 10.0. The van der Waals surface area contributed by atoms with Crippen molar-refractivity contribution in [1.82, 2.24) is 4.90 Å². The van der Waals surface area contributed by atoms with E-state index >= 15 is 0 Å². The van der Waals surface area contributed by atoms with E-state index in [0.29, 0.717) is 31.8 Å². The van der Waals surface area contributed by atoms with Crippen molar-refractivity contribution < 1.29 is 13.2 Å². The van der Waals surface area contributed by atoms with Gasteiger partial charge in [-0.25, -0.2) is 8.42 Å². The first-order valence-corrected chi connectivity index (χ1v) is 10.4. The molecule has 1 saturated heterocycles. The zero-order valence-electron chi connectivity index (χ0n) is 14.5.